The molecule has 2 rings (SSSR count). The molecule has 2 atom stereocenters. The van der Waals surface area contributed by atoms with Crippen LogP contribution in [0.3, 0.4) is 0 Å². The highest BCUT2D eigenvalue weighted by molar-refractivity contribution is 8.01. The van der Waals surface area contributed by atoms with Crippen LogP contribution in [0.25, 0.3) is 0 Å². The van der Waals surface area contributed by atoms with Crippen LogP contribution in [0, 0.1) is 6.92 Å². The molecule has 1 aliphatic carbocycles. The normalized spacial score (nSPS) is 26.0. The van der Waals surface area contributed by atoms with E-state index in [9.17, 15) is 0 Å². The van der Waals surface area contributed by atoms with E-state index < -0.39 is 0 Å². The SMILES string of the molecule is CCNC1CCC(Sc2nnc(C)s2)C1. The fourth-order valence-electron chi connectivity index (χ4n) is 1.99. The third-order valence-electron chi connectivity index (χ3n) is 2.65. The fraction of sp³-hybridized carbons (Fsp3) is 0.800. The summed E-state index contributed by atoms with van der Waals surface area (Å²) in [5, 5.41) is 13.5. The van der Waals surface area contributed by atoms with Gasteiger partial charge in [-0.05, 0) is 32.7 Å². The second-order valence-electron chi connectivity index (χ2n) is 3.89. The largest absolute Gasteiger partial charge is 0.314 e. The van der Waals surface area contributed by atoms with Gasteiger partial charge in [0.25, 0.3) is 0 Å². The quantitative estimate of drug-likeness (QED) is 0.881. The summed E-state index contributed by atoms with van der Waals surface area (Å²) in [5.41, 5.74) is 0. The molecule has 1 aromatic heterocycles. The van der Waals surface area contributed by atoms with E-state index >= 15 is 0 Å². The topological polar surface area (TPSA) is 37.8 Å². The molecule has 0 aliphatic heterocycles. The van der Waals surface area contributed by atoms with E-state index in [1.54, 1.807) is 11.3 Å². The third kappa shape index (κ3) is 3.16. The molecule has 1 N–H and O–H groups in total. The van der Waals surface area contributed by atoms with Crippen molar-refractivity contribution in [3.05, 3.63) is 5.01 Å². The zero-order valence-corrected chi connectivity index (χ0v) is 10.8. The van der Waals surface area contributed by atoms with E-state index in [1.807, 2.05) is 18.7 Å². The molecule has 0 aromatic carbocycles. The van der Waals surface area contributed by atoms with E-state index in [0.717, 1.165) is 27.2 Å². The first kappa shape index (κ1) is 11.4. The molecule has 3 nitrogen and oxygen atoms in total. The van der Waals surface area contributed by atoms with Crippen molar-refractivity contribution in [3.63, 3.8) is 0 Å². The average molecular weight is 243 g/mol. The Morgan fingerprint density at radius 2 is 2.33 bits per heavy atom. The molecule has 0 amide bonds. The highest BCUT2D eigenvalue weighted by Gasteiger charge is 2.25. The van der Waals surface area contributed by atoms with Crippen LogP contribution in [-0.2, 0) is 0 Å². The van der Waals surface area contributed by atoms with E-state index in [0.29, 0.717) is 0 Å². The van der Waals surface area contributed by atoms with Crippen LogP contribution in [0.4, 0.5) is 0 Å². The molecule has 0 radical (unpaired) electrons. The van der Waals surface area contributed by atoms with Crippen molar-refractivity contribution >= 4 is 23.1 Å². The Bertz CT molecular complexity index is 313. The van der Waals surface area contributed by atoms with Crippen molar-refractivity contribution in [1.29, 1.82) is 0 Å². The molecule has 15 heavy (non-hydrogen) atoms. The van der Waals surface area contributed by atoms with E-state index in [-0.39, 0.29) is 0 Å². The van der Waals surface area contributed by atoms with Gasteiger partial charge in [0.2, 0.25) is 0 Å². The molecule has 1 aliphatic rings. The van der Waals surface area contributed by atoms with Crippen molar-refractivity contribution in [3.8, 4) is 0 Å². The van der Waals surface area contributed by atoms with Gasteiger partial charge in [-0.1, -0.05) is 30.0 Å². The van der Waals surface area contributed by atoms with Crippen molar-refractivity contribution in [2.75, 3.05) is 6.54 Å². The van der Waals surface area contributed by atoms with Gasteiger partial charge in [0.15, 0.2) is 4.34 Å². The average Bonchev–Trinajstić information content (AvgIpc) is 2.78. The first-order chi connectivity index (χ1) is 7.28. The molecule has 2 unspecified atom stereocenters. The molecular weight excluding hydrogens is 226 g/mol. The smallest absolute Gasteiger partial charge is 0.174 e. The lowest BCUT2D eigenvalue weighted by atomic mass is 10.2. The summed E-state index contributed by atoms with van der Waals surface area (Å²) >= 11 is 3.62. The number of rotatable bonds is 4. The van der Waals surface area contributed by atoms with E-state index in [2.05, 4.69) is 22.4 Å². The number of aryl methyl sites for hydroxylation is 1. The molecule has 0 spiro atoms. The molecule has 1 heterocycles. The third-order valence-corrected chi connectivity index (χ3v) is 4.87. The fourth-order valence-corrected chi connectivity index (χ4v) is 4.32. The second-order valence-corrected chi connectivity index (χ2v) is 6.62. The molecule has 0 saturated heterocycles. The second kappa shape index (κ2) is 5.27. The molecule has 5 heteroatoms. The molecule has 84 valence electrons. The molecule has 0 bridgehead atoms. The number of aromatic nitrogens is 2. The first-order valence-corrected chi connectivity index (χ1v) is 7.17. The Morgan fingerprint density at radius 3 is 3.00 bits per heavy atom. The van der Waals surface area contributed by atoms with Crippen LogP contribution >= 0.6 is 23.1 Å². The summed E-state index contributed by atoms with van der Waals surface area (Å²) in [6.45, 7) is 5.27. The highest BCUT2D eigenvalue weighted by Crippen LogP contribution is 2.35. The highest BCUT2D eigenvalue weighted by atomic mass is 32.2. The Morgan fingerprint density at radius 1 is 1.47 bits per heavy atom. The van der Waals surface area contributed by atoms with Crippen molar-refractivity contribution < 1.29 is 0 Å². The molecule has 1 saturated carbocycles. The zero-order valence-electron chi connectivity index (χ0n) is 9.19. The van der Waals surface area contributed by atoms with Crippen LogP contribution in [0.5, 0.6) is 0 Å². The van der Waals surface area contributed by atoms with Gasteiger partial charge in [0, 0.05) is 11.3 Å². The van der Waals surface area contributed by atoms with Gasteiger partial charge in [-0.2, -0.15) is 0 Å². The van der Waals surface area contributed by atoms with Crippen LogP contribution < -0.4 is 5.32 Å². The Balaban J connectivity index is 1.82. The molecule has 1 aromatic rings. The number of nitrogens with zero attached hydrogens (tertiary/aromatic N) is 2. The van der Waals surface area contributed by atoms with E-state index in [4.69, 9.17) is 0 Å². The van der Waals surface area contributed by atoms with Gasteiger partial charge in [0.1, 0.15) is 5.01 Å². The standard InChI is InChI=1S/C10H17N3S2/c1-3-11-8-4-5-9(6-8)15-10-13-12-7(2)14-10/h8-9,11H,3-6H2,1-2H3. The summed E-state index contributed by atoms with van der Waals surface area (Å²) in [5.74, 6) is 0. The van der Waals surface area contributed by atoms with Gasteiger partial charge >= 0.3 is 0 Å². The summed E-state index contributed by atoms with van der Waals surface area (Å²) in [7, 11) is 0. The number of thioether (sulfide) groups is 1. The minimum Gasteiger partial charge on any atom is -0.314 e. The monoisotopic (exact) mass is 243 g/mol. The van der Waals surface area contributed by atoms with Crippen molar-refractivity contribution in [2.24, 2.45) is 0 Å². The van der Waals surface area contributed by atoms with Gasteiger partial charge in [-0.15, -0.1) is 10.2 Å². The Labute approximate surface area is 99.1 Å². The maximum absolute atomic E-state index is 4.16. The van der Waals surface area contributed by atoms with Gasteiger partial charge in [0.05, 0.1) is 0 Å². The number of nitrogens with one attached hydrogen (secondary N) is 1. The summed E-state index contributed by atoms with van der Waals surface area (Å²) in [6.07, 6.45) is 3.89. The lowest BCUT2D eigenvalue weighted by molar-refractivity contribution is 0.543. The summed E-state index contributed by atoms with van der Waals surface area (Å²) in [6, 6.07) is 0.724. The van der Waals surface area contributed by atoms with E-state index in [1.165, 1.54) is 19.3 Å². The lowest BCUT2D eigenvalue weighted by Crippen LogP contribution is -2.25. The van der Waals surface area contributed by atoms with Crippen molar-refractivity contribution in [2.45, 2.75) is 48.7 Å². The van der Waals surface area contributed by atoms with Crippen LogP contribution in [0.1, 0.15) is 31.2 Å². The Kier molecular flexibility index (Phi) is 3.99. The van der Waals surface area contributed by atoms with Crippen LogP contribution in [0.2, 0.25) is 0 Å². The van der Waals surface area contributed by atoms with Gasteiger partial charge < -0.3 is 5.32 Å². The minimum absolute atomic E-state index is 0.724. The maximum atomic E-state index is 4.16. The molecular formula is C10H17N3S2. The molecule has 1 fully saturated rings. The summed E-state index contributed by atoms with van der Waals surface area (Å²) in [4.78, 5) is 0. The predicted molar refractivity (Wildman–Crippen MR) is 65.6 cm³/mol. The number of hydrogen-bond donors (Lipinski definition) is 1. The Hall–Kier alpha value is -0.130. The summed E-state index contributed by atoms with van der Waals surface area (Å²) < 4.78 is 1.13. The number of hydrogen-bond acceptors (Lipinski definition) is 5. The van der Waals surface area contributed by atoms with Gasteiger partial charge in [-0.3, -0.25) is 0 Å². The minimum atomic E-state index is 0.724. The van der Waals surface area contributed by atoms with Crippen LogP contribution in [-0.4, -0.2) is 28.0 Å². The zero-order chi connectivity index (χ0) is 10.7. The predicted octanol–water partition coefficient (Wildman–Crippen LogP) is 2.47. The maximum Gasteiger partial charge on any atom is 0.174 e. The lowest BCUT2D eigenvalue weighted by Gasteiger charge is -2.10. The van der Waals surface area contributed by atoms with Crippen molar-refractivity contribution in [1.82, 2.24) is 15.5 Å². The van der Waals surface area contributed by atoms with Gasteiger partial charge in [-0.25, -0.2) is 0 Å². The first-order valence-electron chi connectivity index (χ1n) is 5.48. The van der Waals surface area contributed by atoms with Crippen LogP contribution in [0.15, 0.2) is 4.34 Å².